The number of rotatable bonds is 7. The third-order valence-electron chi connectivity index (χ3n) is 4.33. The van der Waals surface area contributed by atoms with Crippen molar-refractivity contribution in [2.24, 2.45) is 5.92 Å². The molecule has 0 saturated carbocycles. The molecule has 1 saturated heterocycles. The molecule has 1 aliphatic rings. The second-order valence-corrected chi connectivity index (χ2v) is 7.07. The Bertz CT molecular complexity index is 637. The number of aromatic nitrogens is 4. The van der Waals surface area contributed by atoms with E-state index in [4.69, 9.17) is 4.98 Å². The second-order valence-electron chi connectivity index (χ2n) is 7.07. The number of aryl methyl sites for hydroxylation is 1. The fourth-order valence-electron chi connectivity index (χ4n) is 3.22. The highest BCUT2D eigenvalue weighted by molar-refractivity contribution is 5.34. The molecule has 1 aliphatic heterocycles. The van der Waals surface area contributed by atoms with Crippen molar-refractivity contribution in [2.45, 2.75) is 46.1 Å². The number of hydrogen-bond acceptors (Lipinski definition) is 5. The van der Waals surface area contributed by atoms with Gasteiger partial charge >= 0.3 is 0 Å². The molecule has 6 heteroatoms. The zero-order chi connectivity index (χ0) is 16.9. The number of hydrogen-bond donors (Lipinski definition) is 2. The Morgan fingerprint density at radius 2 is 2.25 bits per heavy atom. The number of imidazole rings is 1. The van der Waals surface area contributed by atoms with E-state index in [-0.39, 0.29) is 0 Å². The molecular formula is C18H28N6. The van der Waals surface area contributed by atoms with Gasteiger partial charge in [0.1, 0.15) is 5.82 Å². The number of H-pyrrole nitrogens is 1. The fraction of sp³-hybridized carbons (Fsp3) is 0.611. The van der Waals surface area contributed by atoms with Gasteiger partial charge in [-0.05, 0) is 31.7 Å². The molecule has 0 aliphatic carbocycles. The van der Waals surface area contributed by atoms with Gasteiger partial charge in [0.15, 0.2) is 0 Å². The van der Waals surface area contributed by atoms with E-state index in [1.165, 1.54) is 0 Å². The smallest absolute Gasteiger partial charge is 0.225 e. The van der Waals surface area contributed by atoms with Gasteiger partial charge in [-0.2, -0.15) is 0 Å². The van der Waals surface area contributed by atoms with Crippen molar-refractivity contribution in [2.75, 3.05) is 24.5 Å². The summed E-state index contributed by atoms with van der Waals surface area (Å²) in [6.07, 6.45) is 6.75. The van der Waals surface area contributed by atoms with Crippen molar-refractivity contribution in [3.05, 3.63) is 35.7 Å². The number of aromatic amines is 1. The standard InChI is InChI=1S/C18H28N6/c1-13(2)10-16-11-14(3)22-18(23-16)24-9-5-15(12-24)19-6-4-17-20-7-8-21-17/h7-8,11,13,15,19H,4-6,9-10,12H2,1-3H3,(H,20,21)/t15-/m1/s1. The summed E-state index contributed by atoms with van der Waals surface area (Å²) in [4.78, 5) is 19.1. The van der Waals surface area contributed by atoms with E-state index < -0.39 is 0 Å². The monoisotopic (exact) mass is 328 g/mol. The van der Waals surface area contributed by atoms with E-state index in [9.17, 15) is 0 Å². The van der Waals surface area contributed by atoms with Crippen LogP contribution in [0.5, 0.6) is 0 Å². The molecule has 0 bridgehead atoms. The van der Waals surface area contributed by atoms with Crippen molar-refractivity contribution in [3.8, 4) is 0 Å². The molecule has 2 aromatic rings. The lowest BCUT2D eigenvalue weighted by molar-refractivity contribution is 0.549. The first-order valence-corrected chi connectivity index (χ1v) is 8.91. The molecule has 3 heterocycles. The number of anilines is 1. The predicted octanol–water partition coefficient (Wildman–Crippen LogP) is 2.12. The summed E-state index contributed by atoms with van der Waals surface area (Å²) in [5.41, 5.74) is 2.21. The summed E-state index contributed by atoms with van der Waals surface area (Å²) in [5.74, 6) is 2.54. The highest BCUT2D eigenvalue weighted by Gasteiger charge is 2.24. The van der Waals surface area contributed by atoms with Crippen LogP contribution < -0.4 is 10.2 Å². The van der Waals surface area contributed by atoms with Crippen LogP contribution in [0, 0.1) is 12.8 Å². The topological polar surface area (TPSA) is 69.7 Å². The van der Waals surface area contributed by atoms with Crippen LogP contribution in [0.4, 0.5) is 5.95 Å². The Kier molecular flexibility index (Phi) is 5.45. The average molecular weight is 328 g/mol. The quantitative estimate of drug-likeness (QED) is 0.815. The van der Waals surface area contributed by atoms with Gasteiger partial charge in [-0.1, -0.05) is 13.8 Å². The van der Waals surface area contributed by atoms with Crippen LogP contribution in [0.25, 0.3) is 0 Å². The van der Waals surface area contributed by atoms with Crippen LogP contribution in [0.3, 0.4) is 0 Å². The Labute approximate surface area is 144 Å². The summed E-state index contributed by atoms with van der Waals surface area (Å²) >= 11 is 0. The Hall–Kier alpha value is -1.95. The van der Waals surface area contributed by atoms with E-state index in [1.807, 2.05) is 6.20 Å². The zero-order valence-corrected chi connectivity index (χ0v) is 14.9. The lowest BCUT2D eigenvalue weighted by Crippen LogP contribution is -2.34. The van der Waals surface area contributed by atoms with E-state index in [2.05, 4.69) is 52.0 Å². The zero-order valence-electron chi connectivity index (χ0n) is 14.9. The van der Waals surface area contributed by atoms with Gasteiger partial charge in [0.25, 0.3) is 0 Å². The van der Waals surface area contributed by atoms with Crippen LogP contribution in [-0.2, 0) is 12.8 Å². The van der Waals surface area contributed by atoms with E-state index in [0.29, 0.717) is 12.0 Å². The highest BCUT2D eigenvalue weighted by atomic mass is 15.3. The van der Waals surface area contributed by atoms with Gasteiger partial charge in [-0.15, -0.1) is 0 Å². The summed E-state index contributed by atoms with van der Waals surface area (Å²) in [6.45, 7) is 9.45. The molecule has 1 atom stereocenters. The maximum Gasteiger partial charge on any atom is 0.225 e. The molecule has 0 amide bonds. The minimum atomic E-state index is 0.498. The fourth-order valence-corrected chi connectivity index (χ4v) is 3.22. The minimum Gasteiger partial charge on any atom is -0.349 e. The highest BCUT2D eigenvalue weighted by Crippen LogP contribution is 2.18. The van der Waals surface area contributed by atoms with Crippen molar-refractivity contribution in [3.63, 3.8) is 0 Å². The van der Waals surface area contributed by atoms with Crippen molar-refractivity contribution < 1.29 is 0 Å². The predicted molar refractivity (Wildman–Crippen MR) is 96.2 cm³/mol. The molecule has 6 nitrogen and oxygen atoms in total. The first kappa shape index (κ1) is 16.9. The molecule has 0 aromatic carbocycles. The van der Waals surface area contributed by atoms with Gasteiger partial charge in [0.05, 0.1) is 0 Å². The van der Waals surface area contributed by atoms with Crippen LogP contribution in [0.15, 0.2) is 18.5 Å². The van der Waals surface area contributed by atoms with Crippen molar-refractivity contribution in [1.82, 2.24) is 25.3 Å². The van der Waals surface area contributed by atoms with Gasteiger partial charge in [0.2, 0.25) is 5.95 Å². The lowest BCUT2D eigenvalue weighted by atomic mass is 10.1. The molecule has 0 unspecified atom stereocenters. The molecule has 130 valence electrons. The summed E-state index contributed by atoms with van der Waals surface area (Å²) in [5, 5.41) is 3.62. The Morgan fingerprint density at radius 1 is 1.38 bits per heavy atom. The molecule has 3 rings (SSSR count). The maximum absolute atomic E-state index is 4.78. The van der Waals surface area contributed by atoms with Crippen LogP contribution in [0.1, 0.15) is 37.5 Å². The normalized spacial score (nSPS) is 17.8. The average Bonchev–Trinajstić information content (AvgIpc) is 3.17. The summed E-state index contributed by atoms with van der Waals surface area (Å²) < 4.78 is 0. The Morgan fingerprint density at radius 3 is 3.00 bits per heavy atom. The third kappa shape index (κ3) is 4.54. The van der Waals surface area contributed by atoms with E-state index in [1.54, 1.807) is 6.20 Å². The third-order valence-corrected chi connectivity index (χ3v) is 4.33. The molecule has 0 radical (unpaired) electrons. The van der Waals surface area contributed by atoms with Crippen LogP contribution >= 0.6 is 0 Å². The molecular weight excluding hydrogens is 300 g/mol. The number of nitrogens with zero attached hydrogens (tertiary/aromatic N) is 4. The van der Waals surface area contributed by atoms with Crippen molar-refractivity contribution >= 4 is 5.95 Å². The van der Waals surface area contributed by atoms with Crippen LogP contribution in [-0.4, -0.2) is 45.6 Å². The Balaban J connectivity index is 1.54. The van der Waals surface area contributed by atoms with Crippen LogP contribution in [0.2, 0.25) is 0 Å². The first-order chi connectivity index (χ1) is 11.6. The summed E-state index contributed by atoms with van der Waals surface area (Å²) in [6, 6.07) is 2.61. The molecule has 24 heavy (non-hydrogen) atoms. The molecule has 2 N–H and O–H groups in total. The van der Waals surface area contributed by atoms with Gasteiger partial charge < -0.3 is 15.2 Å². The summed E-state index contributed by atoms with van der Waals surface area (Å²) in [7, 11) is 0. The second kappa shape index (κ2) is 7.75. The minimum absolute atomic E-state index is 0.498. The SMILES string of the molecule is Cc1cc(CC(C)C)nc(N2CC[C@@H](NCCc3ncc[nH]3)C2)n1. The van der Waals surface area contributed by atoms with E-state index in [0.717, 1.165) is 62.1 Å². The molecule has 2 aromatic heterocycles. The number of nitrogens with one attached hydrogen (secondary N) is 2. The van der Waals surface area contributed by atoms with Gasteiger partial charge in [-0.25, -0.2) is 15.0 Å². The largest absolute Gasteiger partial charge is 0.349 e. The lowest BCUT2D eigenvalue weighted by Gasteiger charge is -2.18. The molecule has 1 fully saturated rings. The van der Waals surface area contributed by atoms with Gasteiger partial charge in [0, 0.05) is 55.9 Å². The first-order valence-electron chi connectivity index (χ1n) is 8.91. The van der Waals surface area contributed by atoms with Crippen molar-refractivity contribution in [1.29, 1.82) is 0 Å². The maximum atomic E-state index is 4.78. The van der Waals surface area contributed by atoms with E-state index >= 15 is 0 Å². The van der Waals surface area contributed by atoms with Gasteiger partial charge in [-0.3, -0.25) is 0 Å². The molecule has 0 spiro atoms.